The van der Waals surface area contributed by atoms with E-state index in [-0.39, 0.29) is 18.6 Å². The van der Waals surface area contributed by atoms with Crippen molar-refractivity contribution in [3.8, 4) is 5.69 Å². The molecule has 1 unspecified atom stereocenters. The molecule has 0 radical (unpaired) electrons. The zero-order valence-electron chi connectivity index (χ0n) is 11.4. The van der Waals surface area contributed by atoms with Crippen molar-refractivity contribution in [2.45, 2.75) is 26.3 Å². The van der Waals surface area contributed by atoms with Crippen molar-refractivity contribution in [2.75, 3.05) is 6.61 Å². The fourth-order valence-corrected chi connectivity index (χ4v) is 2.70. The van der Waals surface area contributed by atoms with Crippen LogP contribution in [0.25, 0.3) is 5.69 Å². The van der Waals surface area contributed by atoms with Gasteiger partial charge in [-0.2, -0.15) is 4.68 Å². The number of nitrogens with zero attached hydrogens (tertiary/aromatic N) is 4. The minimum atomic E-state index is -0.244. The maximum absolute atomic E-state index is 12.3. The van der Waals surface area contributed by atoms with Crippen LogP contribution in [0.4, 0.5) is 0 Å². The van der Waals surface area contributed by atoms with Gasteiger partial charge in [0, 0.05) is 0 Å². The summed E-state index contributed by atoms with van der Waals surface area (Å²) in [5.41, 5.74) is 0.638. The SMILES string of the molecule is CC(C)CC(CO)NC(=O)c1sccc1-n1cnnn1. The van der Waals surface area contributed by atoms with Gasteiger partial charge < -0.3 is 10.4 Å². The summed E-state index contributed by atoms with van der Waals surface area (Å²) in [5.74, 6) is 0.181. The van der Waals surface area contributed by atoms with E-state index in [1.807, 2.05) is 19.2 Å². The molecule has 1 amide bonds. The van der Waals surface area contributed by atoms with Gasteiger partial charge in [0.1, 0.15) is 11.2 Å². The smallest absolute Gasteiger partial charge is 0.263 e. The minimum absolute atomic E-state index is 0.0739. The van der Waals surface area contributed by atoms with Gasteiger partial charge in [-0.3, -0.25) is 4.79 Å². The van der Waals surface area contributed by atoms with Crippen LogP contribution >= 0.6 is 11.3 Å². The third-order valence-electron chi connectivity index (χ3n) is 2.76. The fourth-order valence-electron chi connectivity index (χ4n) is 1.92. The summed E-state index contributed by atoms with van der Waals surface area (Å²) in [4.78, 5) is 12.8. The Morgan fingerprint density at radius 2 is 2.35 bits per heavy atom. The minimum Gasteiger partial charge on any atom is -0.394 e. The summed E-state index contributed by atoms with van der Waals surface area (Å²) in [6, 6.07) is 1.54. The highest BCUT2D eigenvalue weighted by molar-refractivity contribution is 7.12. The molecule has 0 spiro atoms. The van der Waals surface area contributed by atoms with Crippen molar-refractivity contribution in [1.82, 2.24) is 25.5 Å². The molecule has 2 rings (SSSR count). The predicted molar refractivity (Wildman–Crippen MR) is 74.8 cm³/mol. The highest BCUT2D eigenvalue weighted by Crippen LogP contribution is 2.20. The van der Waals surface area contributed by atoms with Gasteiger partial charge in [-0.05, 0) is 34.2 Å². The summed E-state index contributed by atoms with van der Waals surface area (Å²) in [6.07, 6.45) is 2.17. The summed E-state index contributed by atoms with van der Waals surface area (Å²) < 4.78 is 1.45. The van der Waals surface area contributed by atoms with E-state index in [4.69, 9.17) is 0 Å². The van der Waals surface area contributed by atoms with Gasteiger partial charge in [-0.1, -0.05) is 13.8 Å². The number of thiophene rings is 1. The molecular formula is C12H17N5O2S. The summed E-state index contributed by atoms with van der Waals surface area (Å²) in [6.45, 7) is 4.02. The van der Waals surface area contributed by atoms with Crippen LogP contribution < -0.4 is 5.32 Å². The van der Waals surface area contributed by atoms with Gasteiger partial charge in [-0.15, -0.1) is 16.4 Å². The molecule has 0 saturated carbocycles. The predicted octanol–water partition coefficient (Wildman–Crippen LogP) is 0.861. The second-order valence-corrected chi connectivity index (χ2v) is 5.79. The van der Waals surface area contributed by atoms with E-state index in [9.17, 15) is 9.90 Å². The van der Waals surface area contributed by atoms with Crippen LogP contribution in [0.5, 0.6) is 0 Å². The Labute approximate surface area is 120 Å². The molecule has 2 heterocycles. The number of aliphatic hydroxyl groups is 1. The Hall–Kier alpha value is -1.80. The molecular weight excluding hydrogens is 278 g/mol. The Morgan fingerprint density at radius 3 is 2.95 bits per heavy atom. The quantitative estimate of drug-likeness (QED) is 0.824. The molecule has 0 fully saturated rings. The Bertz CT molecular complexity index is 552. The van der Waals surface area contributed by atoms with Gasteiger partial charge in [0.25, 0.3) is 5.91 Å². The zero-order chi connectivity index (χ0) is 14.5. The van der Waals surface area contributed by atoms with E-state index in [0.29, 0.717) is 16.5 Å². The number of hydrogen-bond acceptors (Lipinski definition) is 6. The first kappa shape index (κ1) is 14.6. The normalized spacial score (nSPS) is 12.6. The number of nitrogens with one attached hydrogen (secondary N) is 1. The maximum atomic E-state index is 12.3. The average Bonchev–Trinajstić information content (AvgIpc) is 3.07. The van der Waals surface area contributed by atoms with Crippen LogP contribution in [0.2, 0.25) is 0 Å². The summed E-state index contributed by atoms with van der Waals surface area (Å²) in [5, 5.41) is 24.9. The average molecular weight is 295 g/mol. The molecule has 0 aliphatic rings. The van der Waals surface area contributed by atoms with Crippen LogP contribution in [0.3, 0.4) is 0 Å². The molecule has 20 heavy (non-hydrogen) atoms. The van der Waals surface area contributed by atoms with Crippen molar-refractivity contribution in [3.05, 3.63) is 22.7 Å². The monoisotopic (exact) mass is 295 g/mol. The molecule has 2 aromatic rings. The molecule has 7 nitrogen and oxygen atoms in total. The molecule has 0 aromatic carbocycles. The van der Waals surface area contributed by atoms with Crippen molar-refractivity contribution < 1.29 is 9.90 Å². The molecule has 2 aromatic heterocycles. The zero-order valence-corrected chi connectivity index (χ0v) is 12.2. The summed E-state index contributed by atoms with van der Waals surface area (Å²) in [7, 11) is 0. The van der Waals surface area contributed by atoms with Gasteiger partial charge in [0.2, 0.25) is 0 Å². The first-order valence-corrected chi connectivity index (χ1v) is 7.22. The van der Waals surface area contributed by atoms with Gasteiger partial charge in [0.05, 0.1) is 18.3 Å². The van der Waals surface area contributed by atoms with Crippen molar-refractivity contribution in [1.29, 1.82) is 0 Å². The number of aromatic nitrogens is 4. The topological polar surface area (TPSA) is 92.9 Å². The number of carbonyl (C=O) groups excluding carboxylic acids is 1. The van der Waals surface area contributed by atoms with E-state index in [1.165, 1.54) is 22.3 Å². The van der Waals surface area contributed by atoms with Gasteiger partial charge >= 0.3 is 0 Å². The first-order chi connectivity index (χ1) is 9.61. The van der Waals surface area contributed by atoms with Crippen LogP contribution in [0.1, 0.15) is 29.9 Å². The maximum Gasteiger partial charge on any atom is 0.263 e. The number of amides is 1. The van der Waals surface area contributed by atoms with E-state index in [2.05, 4.69) is 20.8 Å². The largest absolute Gasteiger partial charge is 0.394 e. The van der Waals surface area contributed by atoms with Crippen molar-refractivity contribution in [2.24, 2.45) is 5.92 Å². The van der Waals surface area contributed by atoms with Gasteiger partial charge in [0.15, 0.2) is 0 Å². The van der Waals surface area contributed by atoms with Crippen molar-refractivity contribution in [3.63, 3.8) is 0 Å². The lowest BCUT2D eigenvalue weighted by Crippen LogP contribution is -2.38. The molecule has 108 valence electrons. The van der Waals surface area contributed by atoms with E-state index < -0.39 is 0 Å². The van der Waals surface area contributed by atoms with Crippen LogP contribution in [0.15, 0.2) is 17.8 Å². The molecule has 0 saturated heterocycles. The Balaban J connectivity index is 2.12. The Kier molecular flexibility index (Phi) is 4.80. The molecule has 0 bridgehead atoms. The lowest BCUT2D eigenvalue weighted by Gasteiger charge is -2.18. The number of rotatable bonds is 6. The number of tetrazole rings is 1. The second-order valence-electron chi connectivity index (χ2n) is 4.87. The lowest BCUT2D eigenvalue weighted by molar-refractivity contribution is 0.0912. The molecule has 0 aliphatic carbocycles. The van der Waals surface area contributed by atoms with Crippen LogP contribution in [-0.2, 0) is 0 Å². The second kappa shape index (κ2) is 6.58. The third-order valence-corrected chi connectivity index (χ3v) is 3.66. The molecule has 2 N–H and O–H groups in total. The van der Waals surface area contributed by atoms with Crippen LogP contribution in [-0.4, -0.2) is 43.9 Å². The number of carbonyl (C=O) groups is 1. The molecule has 8 heteroatoms. The third kappa shape index (κ3) is 3.40. The highest BCUT2D eigenvalue weighted by Gasteiger charge is 2.19. The molecule has 0 aliphatic heterocycles. The summed E-state index contributed by atoms with van der Waals surface area (Å²) >= 11 is 1.32. The Morgan fingerprint density at radius 1 is 1.55 bits per heavy atom. The molecule has 1 atom stereocenters. The van der Waals surface area contributed by atoms with Crippen LogP contribution in [0, 0.1) is 5.92 Å². The fraction of sp³-hybridized carbons (Fsp3) is 0.500. The standard InChI is InChI=1S/C12H17N5O2S/c1-8(2)5-9(6-18)14-12(19)11-10(3-4-20-11)17-7-13-15-16-17/h3-4,7-9,18H,5-6H2,1-2H3,(H,14,19). The first-order valence-electron chi connectivity index (χ1n) is 6.34. The van der Waals surface area contributed by atoms with Crippen molar-refractivity contribution >= 4 is 17.2 Å². The van der Waals surface area contributed by atoms with E-state index >= 15 is 0 Å². The number of hydrogen-bond donors (Lipinski definition) is 2. The number of aliphatic hydroxyl groups excluding tert-OH is 1. The highest BCUT2D eigenvalue weighted by atomic mass is 32.1. The van der Waals surface area contributed by atoms with E-state index in [0.717, 1.165) is 6.42 Å². The van der Waals surface area contributed by atoms with E-state index in [1.54, 1.807) is 6.07 Å². The lowest BCUT2D eigenvalue weighted by atomic mass is 10.0. The van der Waals surface area contributed by atoms with Gasteiger partial charge in [-0.25, -0.2) is 0 Å².